The van der Waals surface area contributed by atoms with Crippen molar-refractivity contribution >= 4 is 22.9 Å². The van der Waals surface area contributed by atoms with Gasteiger partial charge in [0, 0.05) is 25.1 Å². The van der Waals surface area contributed by atoms with Gasteiger partial charge in [-0.25, -0.2) is 9.78 Å². The molecule has 1 amide bonds. The summed E-state index contributed by atoms with van der Waals surface area (Å²) in [7, 11) is 1.88. The number of ether oxygens (including phenoxy) is 1. The molecule has 2 aliphatic rings. The molecular weight excluding hydrogens is 428 g/mol. The number of hydrogen-bond donors (Lipinski definition) is 0. The Morgan fingerprint density at radius 1 is 1.24 bits per heavy atom. The van der Waals surface area contributed by atoms with Gasteiger partial charge in [0.2, 0.25) is 0 Å². The zero-order valence-corrected chi connectivity index (χ0v) is 20.6. The normalized spacial score (nSPS) is 25.2. The molecule has 2 fully saturated rings. The summed E-state index contributed by atoms with van der Waals surface area (Å²) in [5, 5.41) is 14.0. The van der Waals surface area contributed by atoms with Gasteiger partial charge in [0.1, 0.15) is 11.4 Å². The highest BCUT2D eigenvalue weighted by Gasteiger charge is 2.52. The highest BCUT2D eigenvalue weighted by atomic mass is 16.6. The van der Waals surface area contributed by atoms with Crippen LogP contribution in [0, 0.1) is 16.7 Å². The van der Waals surface area contributed by atoms with Crippen molar-refractivity contribution in [1.82, 2.24) is 19.3 Å². The molecule has 1 spiro atoms. The van der Waals surface area contributed by atoms with Crippen LogP contribution in [-0.2, 0) is 23.7 Å². The van der Waals surface area contributed by atoms with E-state index < -0.39 is 5.60 Å². The summed E-state index contributed by atoms with van der Waals surface area (Å²) in [5.74, 6) is 0.781. The molecular formula is C26H32N6O2. The van der Waals surface area contributed by atoms with Gasteiger partial charge in [0.05, 0.1) is 41.2 Å². The van der Waals surface area contributed by atoms with Crippen LogP contribution in [-0.4, -0.2) is 37.6 Å². The topological polar surface area (TPSA) is 89.0 Å². The summed E-state index contributed by atoms with van der Waals surface area (Å²) in [6.45, 7) is 9.93. The number of carbonyl (C=O) groups excluding carboxylic acids is 1. The molecule has 178 valence electrons. The van der Waals surface area contributed by atoms with Gasteiger partial charge in [-0.3, -0.25) is 9.58 Å². The molecule has 2 aromatic heterocycles. The molecule has 5 rings (SSSR count). The number of imidazole rings is 1. The lowest BCUT2D eigenvalue weighted by atomic mass is 9.68. The quantitative estimate of drug-likeness (QED) is 0.554. The second kappa shape index (κ2) is 7.59. The third-order valence-electron chi connectivity index (χ3n) is 7.33. The number of nitrogens with zero attached hydrogens (tertiary/aromatic N) is 6. The lowest BCUT2D eigenvalue weighted by molar-refractivity contribution is -0.0264. The van der Waals surface area contributed by atoms with Gasteiger partial charge in [-0.05, 0) is 49.3 Å². The smallest absolute Gasteiger partial charge is 0.416 e. The van der Waals surface area contributed by atoms with Crippen LogP contribution in [0.25, 0.3) is 11.0 Å². The molecule has 1 aliphatic heterocycles. The highest BCUT2D eigenvalue weighted by molar-refractivity contribution is 5.89. The number of carbonyl (C=O) groups is 1. The molecule has 0 bridgehead atoms. The summed E-state index contributed by atoms with van der Waals surface area (Å²) < 4.78 is 10.0. The van der Waals surface area contributed by atoms with Crippen LogP contribution in [0.2, 0.25) is 0 Å². The monoisotopic (exact) mass is 460 g/mol. The fourth-order valence-electron chi connectivity index (χ4n) is 5.69. The molecule has 0 N–H and O–H groups in total. The Morgan fingerprint density at radius 2 is 2.03 bits per heavy atom. The van der Waals surface area contributed by atoms with Gasteiger partial charge < -0.3 is 9.30 Å². The summed E-state index contributed by atoms with van der Waals surface area (Å²) in [6.07, 6.45) is 5.24. The zero-order valence-electron chi connectivity index (χ0n) is 20.6. The minimum atomic E-state index is -0.509. The summed E-state index contributed by atoms with van der Waals surface area (Å²) in [6, 6.07) is 9.82. The van der Waals surface area contributed by atoms with Crippen molar-refractivity contribution in [2.45, 2.75) is 70.9 Å². The summed E-state index contributed by atoms with van der Waals surface area (Å²) in [5.41, 5.74) is 2.77. The van der Waals surface area contributed by atoms with Crippen molar-refractivity contribution in [2.24, 2.45) is 12.5 Å². The molecule has 0 radical (unpaired) electrons. The van der Waals surface area contributed by atoms with Gasteiger partial charge >= 0.3 is 6.09 Å². The molecule has 3 heterocycles. The van der Waals surface area contributed by atoms with E-state index in [0.717, 1.165) is 54.8 Å². The van der Waals surface area contributed by atoms with E-state index in [-0.39, 0.29) is 16.9 Å². The van der Waals surface area contributed by atoms with E-state index in [4.69, 9.17) is 4.74 Å². The maximum atomic E-state index is 13.0. The van der Waals surface area contributed by atoms with Crippen molar-refractivity contribution in [3.05, 3.63) is 41.9 Å². The number of anilines is 1. The van der Waals surface area contributed by atoms with Gasteiger partial charge in [0.15, 0.2) is 0 Å². The van der Waals surface area contributed by atoms with Crippen LogP contribution in [0.15, 0.2) is 30.6 Å². The second-order valence-corrected chi connectivity index (χ2v) is 11.4. The van der Waals surface area contributed by atoms with Crippen molar-refractivity contribution in [1.29, 1.82) is 5.26 Å². The standard InChI is InChI=1S/C26H32N6O2/c1-24(2,3)21-12-22(30(5)29-21)32-16-26(34-23(32)33)10-6-9-25(4,14-26)15-31-17-28-19-8-7-18(13-27)11-20(19)31/h7-8,11-12,17H,6,9-10,14-16H2,1-5H3/t25-,26-/m0/s1. The molecule has 8 nitrogen and oxygen atoms in total. The minimum Gasteiger partial charge on any atom is -0.441 e. The maximum Gasteiger partial charge on any atom is 0.416 e. The van der Waals surface area contributed by atoms with Crippen molar-refractivity contribution in [3.63, 3.8) is 0 Å². The number of aryl methyl sites for hydroxylation is 1. The third-order valence-corrected chi connectivity index (χ3v) is 7.33. The van der Waals surface area contributed by atoms with E-state index in [2.05, 4.69) is 48.4 Å². The lowest BCUT2D eigenvalue weighted by Crippen LogP contribution is -2.45. The van der Waals surface area contributed by atoms with E-state index in [1.807, 2.05) is 31.6 Å². The molecule has 0 unspecified atom stereocenters. The number of hydrogen-bond acceptors (Lipinski definition) is 5. The summed E-state index contributed by atoms with van der Waals surface area (Å²) >= 11 is 0. The third kappa shape index (κ3) is 3.83. The molecule has 1 saturated heterocycles. The van der Waals surface area contributed by atoms with Crippen LogP contribution >= 0.6 is 0 Å². The fourth-order valence-corrected chi connectivity index (χ4v) is 5.69. The van der Waals surface area contributed by atoms with Gasteiger partial charge in [0.25, 0.3) is 0 Å². The first kappa shape index (κ1) is 22.5. The predicted molar refractivity (Wildman–Crippen MR) is 129 cm³/mol. The Labute approximate surface area is 200 Å². The van der Waals surface area contributed by atoms with E-state index >= 15 is 0 Å². The number of fused-ring (bicyclic) bond motifs is 1. The van der Waals surface area contributed by atoms with E-state index in [1.54, 1.807) is 15.6 Å². The molecule has 34 heavy (non-hydrogen) atoms. The Kier molecular flexibility index (Phi) is 5.01. The lowest BCUT2D eigenvalue weighted by Gasteiger charge is -2.43. The number of aromatic nitrogens is 4. The number of benzene rings is 1. The van der Waals surface area contributed by atoms with Gasteiger partial charge in [-0.1, -0.05) is 27.7 Å². The average molecular weight is 461 g/mol. The maximum absolute atomic E-state index is 13.0. The van der Waals surface area contributed by atoms with Crippen LogP contribution in [0.1, 0.15) is 64.6 Å². The fraction of sp³-hybridized carbons (Fsp3) is 0.538. The summed E-state index contributed by atoms with van der Waals surface area (Å²) in [4.78, 5) is 19.3. The molecule has 1 aliphatic carbocycles. The molecule has 1 aromatic carbocycles. The van der Waals surface area contributed by atoms with Gasteiger partial charge in [-0.15, -0.1) is 0 Å². The first-order valence-corrected chi connectivity index (χ1v) is 11.9. The van der Waals surface area contributed by atoms with Crippen molar-refractivity contribution in [3.8, 4) is 6.07 Å². The number of amides is 1. The Balaban J connectivity index is 1.39. The Hall–Kier alpha value is -3.34. The molecule has 1 saturated carbocycles. The number of nitriles is 1. The largest absolute Gasteiger partial charge is 0.441 e. The SMILES string of the molecule is Cn1nc(C(C)(C)C)cc1N1C[C@@]2(CCC[C@](C)(Cn3cnc4ccc(C#N)cc43)C2)OC1=O. The van der Waals surface area contributed by atoms with Crippen LogP contribution in [0.3, 0.4) is 0 Å². The van der Waals surface area contributed by atoms with E-state index in [1.165, 1.54) is 0 Å². The van der Waals surface area contributed by atoms with Gasteiger partial charge in [-0.2, -0.15) is 10.4 Å². The average Bonchev–Trinajstić information content (AvgIpc) is 3.42. The molecule has 2 atom stereocenters. The molecule has 3 aromatic rings. The predicted octanol–water partition coefficient (Wildman–Crippen LogP) is 4.91. The van der Waals surface area contributed by atoms with E-state index in [9.17, 15) is 10.1 Å². The zero-order chi connectivity index (χ0) is 24.3. The second-order valence-electron chi connectivity index (χ2n) is 11.4. The van der Waals surface area contributed by atoms with Crippen molar-refractivity contribution in [2.75, 3.05) is 11.4 Å². The first-order valence-electron chi connectivity index (χ1n) is 11.9. The minimum absolute atomic E-state index is 0.0617. The number of rotatable bonds is 3. The van der Waals surface area contributed by atoms with Crippen molar-refractivity contribution < 1.29 is 9.53 Å². The Morgan fingerprint density at radius 3 is 2.74 bits per heavy atom. The van der Waals surface area contributed by atoms with E-state index in [0.29, 0.717) is 12.1 Å². The van der Waals surface area contributed by atoms with Crippen LogP contribution in [0.4, 0.5) is 10.6 Å². The molecule has 8 heteroatoms. The van der Waals surface area contributed by atoms with Crippen LogP contribution in [0.5, 0.6) is 0 Å². The first-order chi connectivity index (χ1) is 16.0. The highest BCUT2D eigenvalue weighted by Crippen LogP contribution is 2.48. The Bertz CT molecular complexity index is 1310. The van der Waals surface area contributed by atoms with Crippen LogP contribution < -0.4 is 4.90 Å².